The molecule has 0 saturated carbocycles. The summed E-state index contributed by atoms with van der Waals surface area (Å²) in [6.45, 7) is 18.2. The SMILES string of the molecule is C=C1C[C@@H]2CC[C@@]34C[C@H]5O[C@H]6[C@@H](O3)[C@H]3O[C@@H](CCO[C@@H]7[C@@H](C)[C@@H]8O[C@]9(I)C[C@]%10(C[C@@H]%11O[C@]%12(C[C@H](C)[C@@H]%13O[C@H]([C@@H](O)C[C@@H](O)CO)C[C@@H]%13O%12)C[C@H](C)[C@@H]%11O%10)O[C@@H]9C[C@@H]8O[C@H]7C[C@H]7O[C@@H](CC[C@@H]1O2)C[C@@H](C)C7=C)CC[C@@H]3O[C@H]6[C@H]5O4. The van der Waals surface area contributed by atoms with Gasteiger partial charge >= 0.3 is 0 Å². The van der Waals surface area contributed by atoms with Crippen molar-refractivity contribution in [3.63, 3.8) is 0 Å². The van der Waals surface area contributed by atoms with Crippen LogP contribution in [0.2, 0.25) is 0 Å². The highest BCUT2D eigenvalue weighted by molar-refractivity contribution is 14.1. The van der Waals surface area contributed by atoms with Crippen LogP contribution in [0, 0.1) is 23.7 Å². The van der Waals surface area contributed by atoms with Crippen LogP contribution in [0.5, 0.6) is 0 Å². The summed E-state index contributed by atoms with van der Waals surface area (Å²) in [6, 6.07) is 0. The van der Waals surface area contributed by atoms with Crippen LogP contribution < -0.4 is 0 Å². The molecule has 0 unspecified atom stereocenters. The van der Waals surface area contributed by atoms with E-state index in [0.717, 1.165) is 62.5 Å². The van der Waals surface area contributed by atoms with Crippen LogP contribution in [-0.2, 0) is 71.1 Å². The maximum absolute atomic E-state index is 10.9. The van der Waals surface area contributed by atoms with Gasteiger partial charge in [0.05, 0.1) is 116 Å². The molecular weight excluding hydrogens is 1140 g/mol. The van der Waals surface area contributed by atoms with E-state index < -0.39 is 45.9 Å². The van der Waals surface area contributed by atoms with Crippen molar-refractivity contribution in [1.82, 2.24) is 0 Å². The highest BCUT2D eigenvalue weighted by Crippen LogP contribution is 2.61. The number of aliphatic hydroxyl groups is 3. The molecule has 0 aromatic carbocycles. The first-order chi connectivity index (χ1) is 37.9. The number of alkyl halides is 1. The third-order valence-corrected chi connectivity index (χ3v) is 23.4. The number of ether oxygens (including phenoxy) is 15. The van der Waals surface area contributed by atoms with Gasteiger partial charge in [0.1, 0.15) is 36.6 Å². The van der Waals surface area contributed by atoms with Gasteiger partial charge in [0, 0.05) is 76.7 Å². The summed E-state index contributed by atoms with van der Waals surface area (Å²) in [5, 5.41) is 30.4. The minimum absolute atomic E-state index is 0.0226. The van der Waals surface area contributed by atoms with E-state index in [1.54, 1.807) is 0 Å². The molecule has 16 rings (SSSR count). The molecule has 0 radical (unpaired) electrons. The zero-order chi connectivity index (χ0) is 54.1. The monoisotopic (exact) mass is 1220 g/mol. The van der Waals surface area contributed by atoms with Crippen molar-refractivity contribution in [2.75, 3.05) is 13.2 Å². The molecular formula is C60H87IO18. The highest BCUT2D eigenvalue weighted by atomic mass is 127. The maximum atomic E-state index is 10.9. The van der Waals surface area contributed by atoms with E-state index >= 15 is 0 Å². The van der Waals surface area contributed by atoms with Crippen LogP contribution >= 0.6 is 22.6 Å². The minimum Gasteiger partial charge on any atom is -0.394 e. The number of fused-ring (bicyclic) bond motifs is 10. The van der Waals surface area contributed by atoms with Crippen LogP contribution in [-0.4, -0.2) is 196 Å². The number of hydrogen-bond acceptors (Lipinski definition) is 18. The summed E-state index contributed by atoms with van der Waals surface area (Å²) in [5.41, 5.74) is 2.27. The average molecular weight is 1220 g/mol. The van der Waals surface area contributed by atoms with Gasteiger partial charge in [0.15, 0.2) is 21.0 Å². The van der Waals surface area contributed by atoms with E-state index in [1.165, 1.54) is 0 Å². The summed E-state index contributed by atoms with van der Waals surface area (Å²) in [4.78, 5) is 0. The zero-order valence-corrected chi connectivity index (χ0v) is 48.7. The van der Waals surface area contributed by atoms with Gasteiger partial charge in [-0.05, 0) is 103 Å². The van der Waals surface area contributed by atoms with Gasteiger partial charge < -0.3 is 86.4 Å². The minimum atomic E-state index is -1.01. The molecule has 0 aliphatic carbocycles. The molecule has 3 spiro atoms. The van der Waals surface area contributed by atoms with Gasteiger partial charge in [-0.3, -0.25) is 0 Å². The van der Waals surface area contributed by atoms with Crippen molar-refractivity contribution in [2.45, 2.75) is 311 Å². The fourth-order valence-electron chi connectivity index (χ4n) is 18.3. The van der Waals surface area contributed by atoms with Crippen molar-refractivity contribution in [3.8, 4) is 0 Å². The zero-order valence-electron chi connectivity index (χ0n) is 46.6. The number of halogens is 1. The molecule has 19 heteroatoms. The quantitative estimate of drug-likeness (QED) is 0.164. The Bertz CT molecular complexity index is 2320. The van der Waals surface area contributed by atoms with E-state index in [-0.39, 0.29) is 158 Å². The van der Waals surface area contributed by atoms with Gasteiger partial charge in [0.2, 0.25) is 0 Å². The Morgan fingerprint density at radius 2 is 1.28 bits per heavy atom. The fraction of sp³-hybridized carbons (Fsp3) is 0.933. The molecule has 16 heterocycles. The Kier molecular flexibility index (Phi) is 14.3. The summed E-state index contributed by atoms with van der Waals surface area (Å²) in [6.07, 6.45) is 6.34. The Balaban J connectivity index is 0.655. The largest absolute Gasteiger partial charge is 0.394 e. The molecule has 442 valence electrons. The molecule has 16 fully saturated rings. The lowest BCUT2D eigenvalue weighted by Gasteiger charge is -2.52. The molecule has 0 aromatic rings. The summed E-state index contributed by atoms with van der Waals surface area (Å²) in [7, 11) is 0. The standard InChI is InChI=1S/C60H87IO18/c1-27-15-35-8-9-38-28(2)16-36(66-38)11-13-57-23-45-53(77-57)54-55(72-45)56(78-57)52-39(70-54)10-7-34(68-52)12-14-65-50-32(6)51-43(69-42(50)18-40(67-35)31(27)5)20-47-60(61,79-51)26-59(75-47)24-46-49(76-59)30(4)22-58(74-46)21-29(3)48-44(73-58)19-41(71-48)37(64)17-33(63)25-62/h27,29-30,32-56,62-64H,2,5,7-26H2,1,3-4,6H3/t27-,29+,30+,32-,33-,34-,35+,36+,37+,38+,39+,40-,41+,42+,43+,44+,45-,46+,47-,48+,49+,50-,51+,52+,53+,54+,55-,56+,57+,58-,59-,60-/m1/s1. The van der Waals surface area contributed by atoms with E-state index in [2.05, 4.69) is 63.4 Å². The topological polar surface area (TPSA) is 199 Å². The van der Waals surface area contributed by atoms with Gasteiger partial charge in [-0.2, -0.15) is 0 Å². The summed E-state index contributed by atoms with van der Waals surface area (Å²) >= 11 is 2.51. The second-order valence-electron chi connectivity index (χ2n) is 27.7. The van der Waals surface area contributed by atoms with Crippen LogP contribution in [0.1, 0.15) is 143 Å². The van der Waals surface area contributed by atoms with Crippen molar-refractivity contribution >= 4 is 22.6 Å². The van der Waals surface area contributed by atoms with Crippen molar-refractivity contribution < 1.29 is 86.4 Å². The van der Waals surface area contributed by atoms with Gasteiger partial charge in [-0.25, -0.2) is 0 Å². The average Bonchev–Trinajstić information content (AvgIpc) is 4.45. The molecule has 16 aliphatic rings. The first-order valence-corrected chi connectivity index (χ1v) is 32.0. The van der Waals surface area contributed by atoms with Crippen LogP contribution in [0.4, 0.5) is 0 Å². The smallest absolute Gasteiger partial charge is 0.175 e. The third kappa shape index (κ3) is 9.60. The Morgan fingerprint density at radius 3 is 2.13 bits per heavy atom. The molecule has 3 N–H and O–H groups in total. The van der Waals surface area contributed by atoms with E-state index in [1.807, 2.05) is 0 Å². The van der Waals surface area contributed by atoms with E-state index in [0.29, 0.717) is 64.4 Å². The molecule has 18 nitrogen and oxygen atoms in total. The molecule has 79 heavy (non-hydrogen) atoms. The second kappa shape index (κ2) is 20.6. The highest BCUT2D eigenvalue weighted by Gasteiger charge is 2.71. The molecule has 16 aliphatic heterocycles. The van der Waals surface area contributed by atoms with Crippen molar-refractivity contribution in [2.24, 2.45) is 23.7 Å². The van der Waals surface area contributed by atoms with Gasteiger partial charge in [-0.15, -0.1) is 0 Å². The second-order valence-corrected chi connectivity index (χ2v) is 29.5. The first-order valence-electron chi connectivity index (χ1n) is 30.9. The molecule has 16 saturated heterocycles. The number of hydrogen-bond donors (Lipinski definition) is 3. The normalized spacial score (nSPS) is 58.2. The molecule has 0 aromatic heterocycles. The van der Waals surface area contributed by atoms with E-state index in [9.17, 15) is 15.3 Å². The lowest BCUT2D eigenvalue weighted by molar-refractivity contribution is -0.347. The lowest BCUT2D eigenvalue weighted by Crippen LogP contribution is -2.62. The first kappa shape index (κ1) is 55.1. The summed E-state index contributed by atoms with van der Waals surface area (Å²) in [5.74, 6) is -2.00. The summed E-state index contributed by atoms with van der Waals surface area (Å²) < 4.78 is 105. The third-order valence-electron chi connectivity index (χ3n) is 22.1. The number of rotatable bonds is 4. The predicted molar refractivity (Wildman–Crippen MR) is 287 cm³/mol. The predicted octanol–water partition coefficient (Wildman–Crippen LogP) is 6.16. The maximum Gasteiger partial charge on any atom is 0.175 e. The van der Waals surface area contributed by atoms with Crippen LogP contribution in [0.25, 0.3) is 0 Å². The molecule has 0 amide bonds. The van der Waals surface area contributed by atoms with Crippen LogP contribution in [0.3, 0.4) is 0 Å². The van der Waals surface area contributed by atoms with Crippen molar-refractivity contribution in [3.05, 3.63) is 24.3 Å². The number of aliphatic hydroxyl groups excluding tert-OH is 3. The molecule has 32 atom stereocenters. The van der Waals surface area contributed by atoms with Crippen molar-refractivity contribution in [1.29, 1.82) is 0 Å². The van der Waals surface area contributed by atoms with Crippen LogP contribution in [0.15, 0.2) is 24.3 Å². The van der Waals surface area contributed by atoms with Gasteiger partial charge in [0.25, 0.3) is 0 Å². The fourth-order valence-corrected chi connectivity index (χ4v) is 19.5. The Labute approximate surface area is 478 Å². The van der Waals surface area contributed by atoms with E-state index in [4.69, 9.17) is 71.1 Å². The molecule has 12 bridgehead atoms. The van der Waals surface area contributed by atoms with Gasteiger partial charge in [-0.1, -0.05) is 40.9 Å². The Hall–Kier alpha value is -0.510. The lowest BCUT2D eigenvalue weighted by atomic mass is 9.79. The Morgan fingerprint density at radius 1 is 0.544 bits per heavy atom.